The monoisotopic (exact) mass is 204 g/mol. The Balaban J connectivity index is 2.43. The average Bonchev–Trinajstić information content (AvgIpc) is 2.81. The van der Waals surface area contributed by atoms with E-state index >= 15 is 0 Å². The van der Waals surface area contributed by atoms with Crippen LogP contribution in [-0.2, 0) is 0 Å². The van der Waals surface area contributed by atoms with Crippen molar-refractivity contribution in [2.75, 3.05) is 14.2 Å². The summed E-state index contributed by atoms with van der Waals surface area (Å²) in [6.45, 7) is 0. The molecule has 0 saturated heterocycles. The number of rotatable bonds is 3. The smallest absolute Gasteiger partial charge is 0.161 e. The first-order valence-corrected chi connectivity index (χ1v) is 4.57. The van der Waals surface area contributed by atoms with Crippen LogP contribution in [-0.4, -0.2) is 24.4 Å². The molecular weight excluding hydrogens is 192 g/mol. The number of nitrogens with zero attached hydrogens (tertiary/aromatic N) is 1. The quantitative estimate of drug-likeness (QED) is 0.832. The molecule has 1 aromatic carbocycles. The van der Waals surface area contributed by atoms with Gasteiger partial charge in [-0.3, -0.25) is 5.10 Å². The molecule has 0 aliphatic heterocycles. The highest BCUT2D eigenvalue weighted by atomic mass is 16.5. The summed E-state index contributed by atoms with van der Waals surface area (Å²) in [7, 11) is 3.24. The summed E-state index contributed by atoms with van der Waals surface area (Å²) in [4.78, 5) is 0. The fraction of sp³-hybridized carbons (Fsp3) is 0.182. The van der Waals surface area contributed by atoms with Crippen LogP contribution in [0.2, 0.25) is 0 Å². The molecule has 0 fully saturated rings. The molecular formula is C11H12N2O2. The van der Waals surface area contributed by atoms with Gasteiger partial charge in [0.2, 0.25) is 0 Å². The lowest BCUT2D eigenvalue weighted by Gasteiger charge is -2.08. The Bertz CT molecular complexity index is 438. The molecule has 4 heteroatoms. The Morgan fingerprint density at radius 1 is 1.07 bits per heavy atom. The van der Waals surface area contributed by atoms with Gasteiger partial charge < -0.3 is 9.47 Å². The normalized spacial score (nSPS) is 10.0. The van der Waals surface area contributed by atoms with Gasteiger partial charge in [-0.25, -0.2) is 0 Å². The number of H-pyrrole nitrogens is 1. The molecule has 0 saturated carbocycles. The fourth-order valence-electron chi connectivity index (χ4n) is 1.42. The van der Waals surface area contributed by atoms with Gasteiger partial charge in [-0.1, -0.05) is 0 Å². The van der Waals surface area contributed by atoms with Crippen LogP contribution in [0.25, 0.3) is 11.3 Å². The zero-order valence-electron chi connectivity index (χ0n) is 8.65. The second-order valence-corrected chi connectivity index (χ2v) is 3.04. The van der Waals surface area contributed by atoms with Crippen molar-refractivity contribution in [1.82, 2.24) is 10.2 Å². The molecule has 2 rings (SSSR count). The molecule has 1 N–H and O–H groups in total. The molecule has 1 aromatic heterocycles. The van der Waals surface area contributed by atoms with Crippen LogP contribution in [0.1, 0.15) is 0 Å². The maximum absolute atomic E-state index is 5.22. The summed E-state index contributed by atoms with van der Waals surface area (Å²) in [5, 5.41) is 6.80. The van der Waals surface area contributed by atoms with Crippen molar-refractivity contribution >= 4 is 0 Å². The van der Waals surface area contributed by atoms with Crippen LogP contribution in [0.5, 0.6) is 11.5 Å². The summed E-state index contributed by atoms with van der Waals surface area (Å²) in [5.41, 5.74) is 1.97. The molecule has 0 radical (unpaired) electrons. The summed E-state index contributed by atoms with van der Waals surface area (Å²) in [6.07, 6.45) is 1.71. The minimum Gasteiger partial charge on any atom is -0.493 e. The first-order valence-electron chi connectivity index (χ1n) is 4.57. The van der Waals surface area contributed by atoms with Gasteiger partial charge in [-0.15, -0.1) is 0 Å². The van der Waals surface area contributed by atoms with Crippen molar-refractivity contribution < 1.29 is 9.47 Å². The highest BCUT2D eigenvalue weighted by Gasteiger charge is 2.06. The molecule has 0 spiro atoms. The van der Waals surface area contributed by atoms with E-state index in [0.717, 1.165) is 17.0 Å². The molecule has 0 aliphatic carbocycles. The van der Waals surface area contributed by atoms with E-state index in [1.54, 1.807) is 20.4 Å². The minimum atomic E-state index is 0.713. The third-order valence-electron chi connectivity index (χ3n) is 2.20. The molecule has 0 bridgehead atoms. The van der Waals surface area contributed by atoms with Crippen LogP contribution in [0, 0.1) is 0 Å². The lowest BCUT2D eigenvalue weighted by Crippen LogP contribution is -1.90. The van der Waals surface area contributed by atoms with E-state index in [1.807, 2.05) is 24.3 Å². The predicted molar refractivity (Wildman–Crippen MR) is 57.1 cm³/mol. The van der Waals surface area contributed by atoms with Gasteiger partial charge in [-0.05, 0) is 24.3 Å². The largest absolute Gasteiger partial charge is 0.493 e. The number of benzene rings is 1. The number of aromatic nitrogens is 2. The van der Waals surface area contributed by atoms with E-state index in [-0.39, 0.29) is 0 Å². The van der Waals surface area contributed by atoms with Gasteiger partial charge in [0.1, 0.15) is 0 Å². The fourth-order valence-corrected chi connectivity index (χ4v) is 1.42. The number of hydrogen-bond donors (Lipinski definition) is 1. The number of ether oxygens (including phenoxy) is 2. The highest BCUT2D eigenvalue weighted by molar-refractivity contribution is 5.63. The Kier molecular flexibility index (Phi) is 2.58. The zero-order chi connectivity index (χ0) is 10.7. The van der Waals surface area contributed by atoms with Gasteiger partial charge in [0.25, 0.3) is 0 Å². The van der Waals surface area contributed by atoms with Crippen molar-refractivity contribution in [3.63, 3.8) is 0 Å². The number of nitrogens with one attached hydrogen (secondary N) is 1. The maximum atomic E-state index is 5.22. The molecule has 15 heavy (non-hydrogen) atoms. The van der Waals surface area contributed by atoms with E-state index in [2.05, 4.69) is 10.2 Å². The maximum Gasteiger partial charge on any atom is 0.161 e. The van der Waals surface area contributed by atoms with Gasteiger partial charge in [-0.2, -0.15) is 5.10 Å². The van der Waals surface area contributed by atoms with E-state index in [4.69, 9.17) is 9.47 Å². The Morgan fingerprint density at radius 3 is 2.47 bits per heavy atom. The third-order valence-corrected chi connectivity index (χ3v) is 2.20. The van der Waals surface area contributed by atoms with Crippen molar-refractivity contribution in [1.29, 1.82) is 0 Å². The molecule has 1 heterocycles. The second kappa shape index (κ2) is 4.04. The summed E-state index contributed by atoms with van der Waals surface area (Å²) in [5.74, 6) is 1.44. The van der Waals surface area contributed by atoms with E-state index in [0.29, 0.717) is 5.75 Å². The Morgan fingerprint density at radius 2 is 1.87 bits per heavy atom. The molecule has 78 valence electrons. The minimum absolute atomic E-state index is 0.713. The van der Waals surface area contributed by atoms with Crippen molar-refractivity contribution in [2.24, 2.45) is 0 Å². The van der Waals surface area contributed by atoms with E-state index in [1.165, 1.54) is 0 Å². The van der Waals surface area contributed by atoms with E-state index < -0.39 is 0 Å². The molecule has 2 aromatic rings. The van der Waals surface area contributed by atoms with E-state index in [9.17, 15) is 0 Å². The Hall–Kier alpha value is -1.97. The number of aromatic amines is 1. The topological polar surface area (TPSA) is 47.1 Å². The average molecular weight is 204 g/mol. The Labute approximate surface area is 87.8 Å². The lowest BCUT2D eigenvalue weighted by atomic mass is 10.1. The van der Waals surface area contributed by atoms with Gasteiger partial charge in [0.15, 0.2) is 11.5 Å². The van der Waals surface area contributed by atoms with Crippen LogP contribution < -0.4 is 9.47 Å². The zero-order valence-corrected chi connectivity index (χ0v) is 8.65. The van der Waals surface area contributed by atoms with Crippen LogP contribution >= 0.6 is 0 Å². The van der Waals surface area contributed by atoms with Crippen LogP contribution in [0.3, 0.4) is 0 Å². The SMILES string of the molecule is COc1ccc(-c2ccn[nH]2)cc1OC. The summed E-state index contributed by atoms with van der Waals surface area (Å²) < 4.78 is 10.4. The van der Waals surface area contributed by atoms with Crippen LogP contribution in [0.15, 0.2) is 30.5 Å². The molecule has 0 amide bonds. The highest BCUT2D eigenvalue weighted by Crippen LogP contribution is 2.31. The van der Waals surface area contributed by atoms with Crippen molar-refractivity contribution in [3.05, 3.63) is 30.5 Å². The summed E-state index contributed by atoms with van der Waals surface area (Å²) in [6, 6.07) is 7.64. The summed E-state index contributed by atoms with van der Waals surface area (Å²) >= 11 is 0. The van der Waals surface area contributed by atoms with Gasteiger partial charge >= 0.3 is 0 Å². The molecule has 4 nitrogen and oxygen atoms in total. The van der Waals surface area contributed by atoms with Gasteiger partial charge in [0.05, 0.1) is 19.9 Å². The first kappa shape index (κ1) is 9.58. The second-order valence-electron chi connectivity index (χ2n) is 3.04. The predicted octanol–water partition coefficient (Wildman–Crippen LogP) is 2.09. The standard InChI is InChI=1S/C11H12N2O2/c1-14-10-4-3-8(7-11(10)15-2)9-5-6-12-13-9/h3-7H,1-2H3,(H,12,13). The van der Waals surface area contributed by atoms with Crippen molar-refractivity contribution in [2.45, 2.75) is 0 Å². The van der Waals surface area contributed by atoms with Gasteiger partial charge in [0, 0.05) is 11.8 Å². The molecule has 0 atom stereocenters. The van der Waals surface area contributed by atoms with Crippen LogP contribution in [0.4, 0.5) is 0 Å². The molecule has 0 aliphatic rings. The molecule has 0 unspecified atom stereocenters. The third kappa shape index (κ3) is 1.79. The lowest BCUT2D eigenvalue weighted by molar-refractivity contribution is 0.355. The number of hydrogen-bond acceptors (Lipinski definition) is 3. The first-order chi connectivity index (χ1) is 7.35. The van der Waals surface area contributed by atoms with Crippen molar-refractivity contribution in [3.8, 4) is 22.8 Å². The number of methoxy groups -OCH3 is 2.